The highest BCUT2D eigenvalue weighted by atomic mass is 32.1. The number of hydrogen-bond donors (Lipinski definition) is 18. The van der Waals surface area contributed by atoms with Crippen molar-refractivity contribution in [3.05, 3.63) is 173 Å². The van der Waals surface area contributed by atoms with Crippen molar-refractivity contribution >= 4 is 95.4 Å². The summed E-state index contributed by atoms with van der Waals surface area (Å²) in [5, 5.41) is 58.3. The predicted molar refractivity (Wildman–Crippen MR) is 368 cm³/mol. The van der Waals surface area contributed by atoms with Crippen LogP contribution >= 0.6 is 25.3 Å². The third kappa shape index (κ3) is 24.1. The summed E-state index contributed by atoms with van der Waals surface area (Å²) < 4.78 is 0. The number of primary amides is 1. The molecule has 6 aromatic rings. The first-order chi connectivity index (χ1) is 45.9. The number of aromatic nitrogens is 1. The number of benzene rings is 5. The number of para-hydroxylation sites is 1. The highest BCUT2D eigenvalue weighted by Gasteiger charge is 2.37. The number of carboxylic acid groups (broad SMARTS) is 1. The minimum atomic E-state index is -1.75. The van der Waals surface area contributed by atoms with Gasteiger partial charge >= 0.3 is 12.0 Å². The lowest BCUT2D eigenvalue weighted by molar-refractivity contribution is -0.141. The van der Waals surface area contributed by atoms with Crippen molar-refractivity contribution in [3.63, 3.8) is 0 Å². The molecular formula is C68H87N13O13S2. The van der Waals surface area contributed by atoms with Crippen molar-refractivity contribution in [1.29, 1.82) is 0 Å². The van der Waals surface area contributed by atoms with Gasteiger partial charge in [-0.15, -0.1) is 0 Å². The number of nitrogens with one attached hydrogen (secondary N) is 11. The van der Waals surface area contributed by atoms with Crippen LogP contribution in [0.5, 0.6) is 5.75 Å². The number of carbonyl (C=O) groups excluding carboxylic acids is 9. The molecule has 10 atom stereocenters. The first-order valence-electron chi connectivity index (χ1n) is 31.5. The van der Waals surface area contributed by atoms with Gasteiger partial charge in [0.2, 0.25) is 47.3 Å². The number of H-pyrrole nitrogens is 1. The number of aliphatic hydroxyl groups is 1. The van der Waals surface area contributed by atoms with Crippen molar-refractivity contribution in [2.75, 3.05) is 18.1 Å². The van der Waals surface area contributed by atoms with Crippen molar-refractivity contribution in [3.8, 4) is 5.75 Å². The van der Waals surface area contributed by atoms with Gasteiger partial charge in [-0.3, -0.25) is 38.4 Å². The Bertz CT molecular complexity index is 3570. The fraction of sp³-hybridized carbons (Fsp3) is 0.382. The molecule has 0 aliphatic heterocycles. The van der Waals surface area contributed by atoms with Crippen molar-refractivity contribution < 1.29 is 63.3 Å². The number of phenols is 1. The van der Waals surface area contributed by atoms with Gasteiger partial charge in [-0.05, 0) is 84.3 Å². The zero-order chi connectivity index (χ0) is 69.8. The number of fused-ring (bicyclic) bond motifs is 1. The number of thiol groups is 2. The van der Waals surface area contributed by atoms with Crippen LogP contribution < -0.4 is 64.6 Å². The Balaban J connectivity index is 1.32. The number of amides is 10. The van der Waals surface area contributed by atoms with Gasteiger partial charge < -0.3 is 84.9 Å². The number of nitrogens with two attached hydrogens (primary N) is 2. The standard InChI is InChI=1S/C68H87N13O13S2/c1-39(2)71-35-45-23-21-43(22-24-45)32-52(74-60(85)51(30-41-14-6-4-7-15-41)75-65(90)56(37-95)78-63(88)54(80-68(70)94)33-44-25-27-47(83)28-26-44)61(86)76-55(34-46-36-72-49-19-11-10-18-48(46)49)64(89)73-50(20-12-13-29-69)59(84)81-58(40(3)82)66(91)77-53(31-42-16-8-5-9-17-42)62(87)79-57(38-96)67(92)93/h4-11,14-19,21-28,36,39-40,50-58,71-72,82-83,95-96H,12-13,20,29-35,37-38,69H2,1-3H3,(H,73,89)(H,74,85)(H,75,90)(H,76,86)(H,77,91)(H,78,88)(H,79,87)(H,81,84)(H,92,93)(H3,70,80,94)/t40-,50+,51+,52+,53+,54+,55+,56+,57+,58+/m1/s1. The lowest BCUT2D eigenvalue weighted by Gasteiger charge is -2.29. The van der Waals surface area contributed by atoms with Crippen LogP contribution in [0.3, 0.4) is 0 Å². The van der Waals surface area contributed by atoms with E-state index in [1.165, 1.54) is 31.2 Å². The summed E-state index contributed by atoms with van der Waals surface area (Å²) in [7, 11) is 0. The van der Waals surface area contributed by atoms with Crippen LogP contribution in [0, 0.1) is 0 Å². The van der Waals surface area contributed by atoms with Crippen molar-refractivity contribution in [2.45, 2.75) is 145 Å². The average molecular weight is 1360 g/mol. The Kier molecular flexibility index (Phi) is 30.0. The summed E-state index contributed by atoms with van der Waals surface area (Å²) in [5.74, 6) is -9.11. The molecule has 1 aromatic heterocycles. The van der Waals surface area contributed by atoms with Crippen molar-refractivity contribution in [2.24, 2.45) is 11.5 Å². The van der Waals surface area contributed by atoms with Gasteiger partial charge in [0.15, 0.2) is 0 Å². The van der Waals surface area contributed by atoms with E-state index in [-0.39, 0.29) is 74.8 Å². The van der Waals surface area contributed by atoms with E-state index in [0.717, 1.165) is 5.56 Å². The van der Waals surface area contributed by atoms with Crippen LogP contribution in [-0.2, 0) is 81.8 Å². The molecule has 96 heavy (non-hydrogen) atoms. The van der Waals surface area contributed by atoms with Gasteiger partial charge in [0, 0.05) is 73.3 Å². The first kappa shape index (κ1) is 75.5. The van der Waals surface area contributed by atoms with Gasteiger partial charge in [0.1, 0.15) is 60.1 Å². The lowest BCUT2D eigenvalue weighted by Crippen LogP contribution is -2.62. The minimum absolute atomic E-state index is 0.0332. The SMILES string of the molecule is CC(C)NCc1ccc(C[C@H](NC(=O)[C@H](Cc2ccccc2)NC(=O)[C@H](CS)NC(=O)[C@H](Cc2ccc(O)cc2)NC(N)=O)C(=O)N[C@@H](Cc2c[nH]c3ccccc23)C(=O)N[C@@H](CCCCN)C(=O)N[C@H](C(=O)N[C@@H](Cc2ccccc2)C(=O)N[C@@H](CS)C(=O)O)[C@@H](C)O)cc1. The Hall–Kier alpha value is -9.48. The second-order valence-corrected chi connectivity index (χ2v) is 24.3. The van der Waals surface area contributed by atoms with Crippen molar-refractivity contribution in [1.82, 2.24) is 58.2 Å². The first-order valence-corrected chi connectivity index (χ1v) is 32.8. The van der Waals surface area contributed by atoms with Gasteiger partial charge in [-0.25, -0.2) is 9.59 Å². The Morgan fingerprint density at radius 3 is 1.32 bits per heavy atom. The number of aromatic hydroxyl groups is 1. The minimum Gasteiger partial charge on any atom is -0.508 e. The highest BCUT2D eigenvalue weighted by molar-refractivity contribution is 7.80. The average Bonchev–Trinajstić information content (AvgIpc) is 1.54. The third-order valence-electron chi connectivity index (χ3n) is 15.6. The van der Waals surface area contributed by atoms with Crippen LogP contribution in [0.4, 0.5) is 4.79 Å². The highest BCUT2D eigenvalue weighted by Crippen LogP contribution is 2.21. The van der Waals surface area contributed by atoms with E-state index >= 15 is 14.4 Å². The molecule has 5 aromatic carbocycles. The van der Waals surface area contributed by atoms with Crippen LogP contribution in [0.25, 0.3) is 10.9 Å². The van der Waals surface area contributed by atoms with E-state index in [4.69, 9.17) is 11.5 Å². The molecule has 0 bridgehead atoms. The molecular weight excluding hydrogens is 1270 g/mol. The smallest absolute Gasteiger partial charge is 0.327 e. The molecule has 0 aliphatic rings. The number of phenolic OH excluding ortho intramolecular Hbond substituents is 1. The molecule has 28 heteroatoms. The fourth-order valence-electron chi connectivity index (χ4n) is 10.4. The second-order valence-electron chi connectivity index (χ2n) is 23.6. The fourth-order valence-corrected chi connectivity index (χ4v) is 10.9. The number of unbranched alkanes of at least 4 members (excludes halogenated alkanes) is 1. The van der Waals surface area contributed by atoms with E-state index in [2.05, 4.69) is 83.4 Å². The number of aromatic amines is 1. The Morgan fingerprint density at radius 2 is 0.854 bits per heavy atom. The maximum absolute atomic E-state index is 15.3. The van der Waals surface area contributed by atoms with E-state index < -0.39 is 120 Å². The lowest BCUT2D eigenvalue weighted by atomic mass is 9.99. The van der Waals surface area contributed by atoms with E-state index in [9.17, 15) is 48.9 Å². The molecule has 0 unspecified atom stereocenters. The number of aliphatic hydroxyl groups excluding tert-OH is 1. The molecule has 0 aliphatic carbocycles. The van der Waals surface area contributed by atoms with Crippen LogP contribution in [0.15, 0.2) is 140 Å². The molecule has 1 heterocycles. The van der Waals surface area contributed by atoms with Gasteiger partial charge in [-0.1, -0.05) is 129 Å². The van der Waals surface area contributed by atoms with Crippen LogP contribution in [0.2, 0.25) is 0 Å². The monoisotopic (exact) mass is 1360 g/mol. The molecule has 26 nitrogen and oxygen atoms in total. The number of carboxylic acids is 1. The topological polar surface area (TPSA) is 420 Å². The molecule has 18 N–H and O–H groups in total. The summed E-state index contributed by atoms with van der Waals surface area (Å²) in [5.41, 5.74) is 15.8. The summed E-state index contributed by atoms with van der Waals surface area (Å²) >= 11 is 8.40. The summed E-state index contributed by atoms with van der Waals surface area (Å²) in [6, 6.07) is 23.5. The molecule has 514 valence electrons. The predicted octanol–water partition coefficient (Wildman–Crippen LogP) is 1.25. The second kappa shape index (κ2) is 38.2. The number of urea groups is 1. The molecule has 0 saturated heterocycles. The number of hydrogen-bond acceptors (Lipinski definition) is 16. The zero-order valence-electron chi connectivity index (χ0n) is 53.6. The van der Waals surface area contributed by atoms with Gasteiger partial charge in [-0.2, -0.15) is 25.3 Å². The van der Waals surface area contributed by atoms with Gasteiger partial charge in [0.05, 0.1) is 6.10 Å². The maximum atomic E-state index is 15.3. The summed E-state index contributed by atoms with van der Waals surface area (Å²) in [4.78, 5) is 143. The largest absolute Gasteiger partial charge is 0.508 e. The number of aliphatic carboxylic acids is 1. The quantitative estimate of drug-likeness (QED) is 0.0192. The third-order valence-corrected chi connectivity index (χ3v) is 16.4. The van der Waals surface area contributed by atoms with E-state index in [1.54, 1.807) is 91.1 Å². The normalized spacial score (nSPS) is 14.3. The molecule has 0 fully saturated rings. The van der Waals surface area contributed by atoms with E-state index in [1.807, 2.05) is 38.1 Å². The molecule has 0 saturated carbocycles. The van der Waals surface area contributed by atoms with E-state index in [0.29, 0.717) is 51.7 Å². The number of carbonyl (C=O) groups is 10. The van der Waals surface area contributed by atoms with Crippen LogP contribution in [0.1, 0.15) is 73.4 Å². The van der Waals surface area contributed by atoms with Crippen LogP contribution in [-0.4, -0.2) is 164 Å². The molecule has 0 spiro atoms. The Morgan fingerprint density at radius 1 is 0.458 bits per heavy atom. The van der Waals surface area contributed by atoms with Gasteiger partial charge in [0.25, 0.3) is 0 Å². The maximum Gasteiger partial charge on any atom is 0.327 e. The molecule has 10 amide bonds. The number of rotatable bonds is 38. The molecule has 6 rings (SSSR count). The summed E-state index contributed by atoms with van der Waals surface area (Å²) in [6.07, 6.45) is -0.0434. The summed E-state index contributed by atoms with van der Waals surface area (Å²) in [6.45, 7) is 5.96. The molecule has 0 radical (unpaired) electrons. The Labute approximate surface area is 567 Å². The zero-order valence-corrected chi connectivity index (χ0v) is 55.4.